The van der Waals surface area contributed by atoms with Crippen LogP contribution in [0.5, 0.6) is 0 Å². The van der Waals surface area contributed by atoms with Crippen LogP contribution in [0.3, 0.4) is 0 Å². The minimum absolute atomic E-state index is 0.0128. The van der Waals surface area contributed by atoms with Crippen LogP contribution in [-0.4, -0.2) is 42.4 Å². The summed E-state index contributed by atoms with van der Waals surface area (Å²) in [6, 6.07) is 4.23. The van der Waals surface area contributed by atoms with Crippen molar-refractivity contribution in [3.05, 3.63) is 33.9 Å². The Morgan fingerprint density at radius 2 is 2.20 bits per heavy atom. The van der Waals surface area contributed by atoms with Gasteiger partial charge < -0.3 is 15.6 Å². The molecule has 0 fully saturated rings. The normalized spacial score (nSPS) is 10.4. The van der Waals surface area contributed by atoms with E-state index in [2.05, 4.69) is 10.7 Å². The Bertz CT molecular complexity index is 492. The summed E-state index contributed by atoms with van der Waals surface area (Å²) in [7, 11) is 1.94. The molecule has 0 bridgehead atoms. The lowest BCUT2D eigenvalue weighted by Crippen LogP contribution is -2.33. The van der Waals surface area contributed by atoms with Crippen molar-refractivity contribution in [2.24, 2.45) is 5.84 Å². The van der Waals surface area contributed by atoms with Crippen LogP contribution >= 0.6 is 0 Å². The zero-order chi connectivity index (χ0) is 15.1. The number of nitrogen functional groups attached to an aromatic ring is 1. The van der Waals surface area contributed by atoms with Crippen molar-refractivity contribution in [2.75, 3.05) is 32.1 Å². The van der Waals surface area contributed by atoms with E-state index in [1.807, 2.05) is 18.9 Å². The fourth-order valence-electron chi connectivity index (χ4n) is 1.65. The third-order valence-electron chi connectivity index (χ3n) is 2.95. The van der Waals surface area contributed by atoms with Gasteiger partial charge in [0.25, 0.3) is 11.6 Å². The van der Waals surface area contributed by atoms with E-state index in [9.17, 15) is 14.9 Å². The van der Waals surface area contributed by atoms with E-state index >= 15 is 0 Å². The third kappa shape index (κ3) is 3.90. The van der Waals surface area contributed by atoms with Crippen LogP contribution in [0.1, 0.15) is 17.3 Å². The number of hydrogen-bond acceptors (Lipinski definition) is 6. The van der Waals surface area contributed by atoms with Crippen LogP contribution in [0, 0.1) is 10.1 Å². The van der Waals surface area contributed by atoms with Gasteiger partial charge in [0.1, 0.15) is 5.69 Å². The molecule has 1 rings (SSSR count). The number of carbonyl (C=O) groups is 1. The third-order valence-corrected chi connectivity index (χ3v) is 2.95. The molecule has 8 nitrogen and oxygen atoms in total. The number of likely N-dealkylation sites (N-methyl/N-ethyl adjacent to an activating group) is 1. The van der Waals surface area contributed by atoms with E-state index in [4.69, 9.17) is 5.84 Å². The molecule has 0 unspecified atom stereocenters. The molecule has 1 aromatic rings. The molecule has 4 N–H and O–H groups in total. The van der Waals surface area contributed by atoms with Gasteiger partial charge in [0, 0.05) is 19.2 Å². The lowest BCUT2D eigenvalue weighted by Gasteiger charge is -2.14. The summed E-state index contributed by atoms with van der Waals surface area (Å²) in [6.45, 7) is 4.04. The molecule has 0 heterocycles. The first kappa shape index (κ1) is 15.9. The summed E-state index contributed by atoms with van der Waals surface area (Å²) >= 11 is 0. The van der Waals surface area contributed by atoms with Gasteiger partial charge >= 0.3 is 0 Å². The maximum absolute atomic E-state index is 12.0. The molecule has 20 heavy (non-hydrogen) atoms. The highest BCUT2D eigenvalue weighted by Crippen LogP contribution is 2.27. The fraction of sp³-hybridized carbons (Fsp3) is 0.417. The van der Waals surface area contributed by atoms with Crippen LogP contribution < -0.4 is 16.6 Å². The molecule has 1 amide bonds. The molecule has 0 aromatic heterocycles. The number of nitro groups is 1. The smallest absolute Gasteiger partial charge is 0.294 e. The average molecular weight is 281 g/mol. The second-order valence-electron chi connectivity index (χ2n) is 4.25. The van der Waals surface area contributed by atoms with Crippen LogP contribution in [0.25, 0.3) is 0 Å². The monoisotopic (exact) mass is 281 g/mol. The summed E-state index contributed by atoms with van der Waals surface area (Å²) in [5.41, 5.74) is 2.16. The molecule has 0 aliphatic rings. The highest BCUT2D eigenvalue weighted by Gasteiger charge is 2.20. The van der Waals surface area contributed by atoms with Crippen molar-refractivity contribution in [3.63, 3.8) is 0 Å². The van der Waals surface area contributed by atoms with Gasteiger partial charge in [0.2, 0.25) is 0 Å². The minimum atomic E-state index is -0.586. The van der Waals surface area contributed by atoms with E-state index in [1.54, 1.807) is 0 Å². The molecule has 0 atom stereocenters. The number of carbonyl (C=O) groups excluding carboxylic acids is 1. The number of nitrogens with two attached hydrogens (primary N) is 1. The predicted octanol–water partition coefficient (Wildman–Crippen LogP) is 0.562. The van der Waals surface area contributed by atoms with Crippen molar-refractivity contribution in [3.8, 4) is 0 Å². The number of amides is 1. The number of anilines is 1. The van der Waals surface area contributed by atoms with Crippen molar-refractivity contribution < 1.29 is 9.72 Å². The Morgan fingerprint density at radius 3 is 2.75 bits per heavy atom. The number of nitrogens with one attached hydrogen (secondary N) is 2. The molecule has 0 aliphatic carbocycles. The van der Waals surface area contributed by atoms with E-state index in [0.29, 0.717) is 13.1 Å². The maximum Gasteiger partial charge on any atom is 0.294 e. The molecule has 110 valence electrons. The van der Waals surface area contributed by atoms with Gasteiger partial charge in [-0.3, -0.25) is 20.8 Å². The number of benzene rings is 1. The highest BCUT2D eigenvalue weighted by atomic mass is 16.6. The quantitative estimate of drug-likeness (QED) is 0.382. The molecule has 0 spiro atoms. The zero-order valence-corrected chi connectivity index (χ0v) is 11.5. The Balaban J connectivity index is 2.82. The number of nitro benzene ring substituents is 1. The van der Waals surface area contributed by atoms with Crippen LogP contribution in [-0.2, 0) is 0 Å². The summed E-state index contributed by atoms with van der Waals surface area (Å²) < 4.78 is 0. The van der Waals surface area contributed by atoms with Gasteiger partial charge in [-0.05, 0) is 19.7 Å². The molecule has 0 saturated heterocycles. The first-order valence-corrected chi connectivity index (χ1v) is 6.22. The molecule has 8 heteroatoms. The van der Waals surface area contributed by atoms with Crippen molar-refractivity contribution in [1.82, 2.24) is 10.2 Å². The van der Waals surface area contributed by atoms with Crippen molar-refractivity contribution in [1.29, 1.82) is 0 Å². The van der Waals surface area contributed by atoms with Crippen LogP contribution in [0.2, 0.25) is 0 Å². The van der Waals surface area contributed by atoms with Crippen LogP contribution in [0.4, 0.5) is 11.4 Å². The van der Waals surface area contributed by atoms with Crippen LogP contribution in [0.15, 0.2) is 18.2 Å². The van der Waals surface area contributed by atoms with Gasteiger partial charge in [-0.2, -0.15) is 0 Å². The summed E-state index contributed by atoms with van der Waals surface area (Å²) in [5.74, 6) is 4.89. The first-order chi connectivity index (χ1) is 9.51. The Morgan fingerprint density at radius 1 is 1.50 bits per heavy atom. The molecule has 0 radical (unpaired) electrons. The Kier molecular flexibility index (Phi) is 5.88. The fourth-order valence-corrected chi connectivity index (χ4v) is 1.65. The number of para-hydroxylation sites is 1. The van der Waals surface area contributed by atoms with Gasteiger partial charge in [0.05, 0.1) is 10.5 Å². The molecule has 1 aromatic carbocycles. The second kappa shape index (κ2) is 7.41. The number of nitrogens with zero attached hydrogens (tertiary/aromatic N) is 2. The maximum atomic E-state index is 12.0. The summed E-state index contributed by atoms with van der Waals surface area (Å²) in [5, 5.41) is 13.6. The highest BCUT2D eigenvalue weighted by molar-refractivity contribution is 6.01. The van der Waals surface area contributed by atoms with E-state index in [0.717, 1.165) is 6.54 Å². The van der Waals surface area contributed by atoms with E-state index in [-0.39, 0.29) is 16.9 Å². The zero-order valence-electron chi connectivity index (χ0n) is 11.5. The van der Waals surface area contributed by atoms with Gasteiger partial charge in [-0.1, -0.05) is 13.0 Å². The van der Waals surface area contributed by atoms with Gasteiger partial charge in [-0.25, -0.2) is 0 Å². The largest absolute Gasteiger partial charge is 0.351 e. The summed E-state index contributed by atoms with van der Waals surface area (Å²) in [6.07, 6.45) is 0. The second-order valence-corrected chi connectivity index (χ2v) is 4.25. The molecular formula is C12H19N5O3. The molecule has 0 saturated carbocycles. The number of rotatable bonds is 7. The van der Waals surface area contributed by atoms with Gasteiger partial charge in [0.15, 0.2) is 0 Å². The van der Waals surface area contributed by atoms with Crippen molar-refractivity contribution >= 4 is 17.3 Å². The lowest BCUT2D eigenvalue weighted by atomic mass is 10.1. The first-order valence-electron chi connectivity index (χ1n) is 6.22. The Hall–Kier alpha value is -2.19. The SMILES string of the molecule is CCN(C)CCNC(=O)c1cccc([N+](=O)[O-])c1NN. The standard InChI is InChI=1S/C12H19N5O3/c1-3-16(2)8-7-14-12(18)9-5-4-6-10(17(19)20)11(9)15-13/h4-6,15H,3,7-8,13H2,1-2H3,(H,14,18). The van der Waals surface area contributed by atoms with E-state index < -0.39 is 10.8 Å². The molecule has 0 aliphatic heterocycles. The van der Waals surface area contributed by atoms with Crippen molar-refractivity contribution in [2.45, 2.75) is 6.92 Å². The number of hydrazine groups is 1. The predicted molar refractivity (Wildman–Crippen MR) is 76.4 cm³/mol. The van der Waals surface area contributed by atoms with Gasteiger partial charge in [-0.15, -0.1) is 0 Å². The lowest BCUT2D eigenvalue weighted by molar-refractivity contribution is -0.384. The Labute approximate surface area is 117 Å². The summed E-state index contributed by atoms with van der Waals surface area (Å²) in [4.78, 5) is 24.3. The average Bonchev–Trinajstić information content (AvgIpc) is 2.45. The minimum Gasteiger partial charge on any atom is -0.351 e. The number of hydrogen-bond donors (Lipinski definition) is 3. The van der Waals surface area contributed by atoms with E-state index in [1.165, 1.54) is 18.2 Å². The topological polar surface area (TPSA) is 114 Å². The molecular weight excluding hydrogens is 262 g/mol.